The van der Waals surface area contributed by atoms with Crippen LogP contribution in [0.1, 0.15) is 34.6 Å². The lowest BCUT2D eigenvalue weighted by Gasteiger charge is -2.28. The van der Waals surface area contributed by atoms with E-state index in [2.05, 4.69) is 54.1 Å². The number of halogens is 1. The number of aryl methyl sites for hydroxylation is 1. The van der Waals surface area contributed by atoms with Gasteiger partial charge >= 0.3 is 0 Å². The molecule has 0 aliphatic carbocycles. The van der Waals surface area contributed by atoms with Crippen LogP contribution in [-0.4, -0.2) is 41.7 Å². The van der Waals surface area contributed by atoms with Crippen molar-refractivity contribution in [1.82, 2.24) is 9.47 Å². The Balaban J connectivity index is 1.55. The maximum Gasteiger partial charge on any atom is 0.223 e. The average Bonchev–Trinajstić information content (AvgIpc) is 3.23. The zero-order chi connectivity index (χ0) is 23.5. The van der Waals surface area contributed by atoms with E-state index in [0.717, 1.165) is 28.6 Å². The second kappa shape index (κ2) is 9.82. The first-order valence-corrected chi connectivity index (χ1v) is 11.8. The van der Waals surface area contributed by atoms with Crippen LogP contribution in [0.25, 0.3) is 10.9 Å². The Bertz CT molecular complexity index is 1270. The molecule has 1 fully saturated rings. The van der Waals surface area contributed by atoms with Crippen molar-refractivity contribution in [3.05, 3.63) is 107 Å². The molecular weight excluding hydrogens is 427 g/mol. The number of ether oxygens (including phenoxy) is 1. The molecule has 2 heterocycles. The van der Waals surface area contributed by atoms with Gasteiger partial charge in [-0.2, -0.15) is 0 Å². The third kappa shape index (κ3) is 4.75. The number of hydrogen-bond donors (Lipinski definition) is 0. The fourth-order valence-corrected chi connectivity index (χ4v) is 4.79. The number of amides is 1. The summed E-state index contributed by atoms with van der Waals surface area (Å²) in [5.74, 6) is -0.336. The average molecular weight is 457 g/mol. The molecule has 174 valence electrons. The van der Waals surface area contributed by atoms with Crippen LogP contribution < -0.4 is 0 Å². The highest BCUT2D eigenvalue weighted by atomic mass is 19.1. The van der Waals surface area contributed by atoms with Gasteiger partial charge in [-0.3, -0.25) is 4.79 Å². The van der Waals surface area contributed by atoms with Crippen LogP contribution in [0.4, 0.5) is 4.39 Å². The fraction of sp³-hybridized carbons (Fsp3) is 0.276. The summed E-state index contributed by atoms with van der Waals surface area (Å²) in [4.78, 5) is 15.2. The first kappa shape index (κ1) is 22.4. The van der Waals surface area contributed by atoms with Gasteiger partial charge in [0, 0.05) is 49.1 Å². The zero-order valence-corrected chi connectivity index (χ0v) is 19.4. The van der Waals surface area contributed by atoms with E-state index in [1.54, 1.807) is 12.1 Å². The molecule has 1 atom stereocenters. The van der Waals surface area contributed by atoms with Gasteiger partial charge in [0.25, 0.3) is 0 Å². The molecular formula is C29H29FN2O2. The lowest BCUT2D eigenvalue weighted by Crippen LogP contribution is -2.41. The van der Waals surface area contributed by atoms with Crippen LogP contribution in [0.5, 0.6) is 0 Å². The fourth-order valence-electron chi connectivity index (χ4n) is 4.79. The SMILES string of the molecule is Cc1ccc(Cn2cc([C@@H](CC(=O)N3CCOCC3)c3ccc(F)cc3)c3ccccc32)cc1. The molecule has 4 aromatic rings. The van der Waals surface area contributed by atoms with E-state index in [9.17, 15) is 9.18 Å². The monoisotopic (exact) mass is 456 g/mol. The Morgan fingerprint density at radius 3 is 2.41 bits per heavy atom. The first-order valence-electron chi connectivity index (χ1n) is 11.8. The predicted octanol–water partition coefficient (Wildman–Crippen LogP) is 5.52. The number of hydrogen-bond acceptors (Lipinski definition) is 2. The zero-order valence-electron chi connectivity index (χ0n) is 19.4. The number of fused-ring (bicyclic) bond motifs is 1. The number of nitrogens with zero attached hydrogens (tertiary/aromatic N) is 2. The van der Waals surface area contributed by atoms with Crippen LogP contribution in [0, 0.1) is 12.7 Å². The van der Waals surface area contributed by atoms with E-state index < -0.39 is 0 Å². The molecule has 4 nitrogen and oxygen atoms in total. The first-order chi connectivity index (χ1) is 16.6. The van der Waals surface area contributed by atoms with Crippen LogP contribution in [0.2, 0.25) is 0 Å². The molecule has 0 saturated carbocycles. The molecule has 1 aliphatic heterocycles. The standard InChI is InChI=1S/C29H29FN2O2/c1-21-6-8-22(9-7-21)19-32-20-27(25-4-2-3-5-28(25)32)26(23-10-12-24(30)13-11-23)18-29(33)31-14-16-34-17-15-31/h2-13,20,26H,14-19H2,1H3/t26-/m0/s1. The molecule has 5 rings (SSSR count). The van der Waals surface area contributed by atoms with E-state index in [1.165, 1.54) is 23.3 Å². The maximum atomic E-state index is 13.7. The van der Waals surface area contributed by atoms with Gasteiger partial charge in [-0.25, -0.2) is 4.39 Å². The molecule has 0 N–H and O–H groups in total. The highest BCUT2D eigenvalue weighted by Gasteiger charge is 2.26. The van der Waals surface area contributed by atoms with Crippen molar-refractivity contribution in [2.75, 3.05) is 26.3 Å². The van der Waals surface area contributed by atoms with Crippen molar-refractivity contribution >= 4 is 16.8 Å². The van der Waals surface area contributed by atoms with Crippen molar-refractivity contribution < 1.29 is 13.9 Å². The summed E-state index contributed by atoms with van der Waals surface area (Å²) in [5.41, 5.74) is 5.63. The number of para-hydroxylation sites is 1. The lowest BCUT2D eigenvalue weighted by atomic mass is 9.87. The van der Waals surface area contributed by atoms with E-state index >= 15 is 0 Å². The Morgan fingerprint density at radius 1 is 0.971 bits per heavy atom. The van der Waals surface area contributed by atoms with Crippen LogP contribution in [0.3, 0.4) is 0 Å². The molecule has 0 bridgehead atoms. The number of benzene rings is 3. The molecule has 1 aliphatic rings. The highest BCUT2D eigenvalue weighted by molar-refractivity contribution is 5.87. The van der Waals surface area contributed by atoms with Gasteiger partial charge in [-0.1, -0.05) is 60.2 Å². The molecule has 1 saturated heterocycles. The second-order valence-electron chi connectivity index (χ2n) is 9.02. The smallest absolute Gasteiger partial charge is 0.223 e. The van der Waals surface area contributed by atoms with Gasteiger partial charge in [-0.05, 0) is 41.8 Å². The van der Waals surface area contributed by atoms with E-state index in [0.29, 0.717) is 32.7 Å². The van der Waals surface area contributed by atoms with E-state index in [1.807, 2.05) is 17.0 Å². The molecule has 5 heteroatoms. The summed E-state index contributed by atoms with van der Waals surface area (Å²) in [5, 5.41) is 1.12. The third-order valence-electron chi connectivity index (χ3n) is 6.68. The molecule has 34 heavy (non-hydrogen) atoms. The number of morpholine rings is 1. The minimum absolute atomic E-state index is 0.105. The summed E-state index contributed by atoms with van der Waals surface area (Å²) in [7, 11) is 0. The molecule has 0 radical (unpaired) electrons. The van der Waals surface area contributed by atoms with Crippen molar-refractivity contribution in [3.8, 4) is 0 Å². The number of rotatable bonds is 6. The largest absolute Gasteiger partial charge is 0.378 e. The molecule has 1 amide bonds. The Kier molecular flexibility index (Phi) is 6.45. The molecule has 0 unspecified atom stereocenters. The lowest BCUT2D eigenvalue weighted by molar-refractivity contribution is -0.135. The number of carbonyl (C=O) groups is 1. The van der Waals surface area contributed by atoms with E-state index in [-0.39, 0.29) is 17.6 Å². The van der Waals surface area contributed by atoms with Gasteiger partial charge in [0.2, 0.25) is 5.91 Å². The highest BCUT2D eigenvalue weighted by Crippen LogP contribution is 2.35. The normalized spacial score (nSPS) is 14.9. The number of aromatic nitrogens is 1. The Hall–Kier alpha value is -3.44. The van der Waals surface area contributed by atoms with Crippen LogP contribution in [-0.2, 0) is 16.1 Å². The molecule has 3 aromatic carbocycles. The summed E-state index contributed by atoms with van der Waals surface area (Å²) in [6, 6.07) is 23.5. The maximum absolute atomic E-state index is 13.7. The quantitative estimate of drug-likeness (QED) is 0.383. The molecule has 0 spiro atoms. The van der Waals surface area contributed by atoms with Crippen molar-refractivity contribution in [2.45, 2.75) is 25.8 Å². The summed E-state index contributed by atoms with van der Waals surface area (Å²) in [6.45, 7) is 5.21. The summed E-state index contributed by atoms with van der Waals surface area (Å²) in [6.07, 6.45) is 2.51. The summed E-state index contributed by atoms with van der Waals surface area (Å²) >= 11 is 0. The minimum Gasteiger partial charge on any atom is -0.378 e. The van der Waals surface area contributed by atoms with Crippen LogP contribution in [0.15, 0.2) is 79.0 Å². The number of carbonyl (C=O) groups excluding carboxylic acids is 1. The third-order valence-corrected chi connectivity index (χ3v) is 6.68. The van der Waals surface area contributed by atoms with Crippen molar-refractivity contribution in [3.63, 3.8) is 0 Å². The second-order valence-corrected chi connectivity index (χ2v) is 9.02. The topological polar surface area (TPSA) is 34.5 Å². The van der Waals surface area contributed by atoms with Gasteiger partial charge in [0.1, 0.15) is 5.82 Å². The van der Waals surface area contributed by atoms with Gasteiger partial charge in [0.05, 0.1) is 13.2 Å². The Morgan fingerprint density at radius 2 is 1.68 bits per heavy atom. The van der Waals surface area contributed by atoms with E-state index in [4.69, 9.17) is 4.74 Å². The van der Waals surface area contributed by atoms with Gasteiger partial charge < -0.3 is 14.2 Å². The minimum atomic E-state index is -0.274. The Labute approximate surface area is 199 Å². The molecule has 1 aromatic heterocycles. The van der Waals surface area contributed by atoms with Crippen LogP contribution >= 0.6 is 0 Å². The predicted molar refractivity (Wildman–Crippen MR) is 132 cm³/mol. The summed E-state index contributed by atoms with van der Waals surface area (Å²) < 4.78 is 21.4. The van der Waals surface area contributed by atoms with Crippen molar-refractivity contribution in [2.24, 2.45) is 0 Å². The van der Waals surface area contributed by atoms with Gasteiger partial charge in [0.15, 0.2) is 0 Å². The van der Waals surface area contributed by atoms with Crippen molar-refractivity contribution in [1.29, 1.82) is 0 Å². The van der Waals surface area contributed by atoms with Gasteiger partial charge in [-0.15, -0.1) is 0 Å².